The van der Waals surface area contributed by atoms with Crippen molar-refractivity contribution in [3.8, 4) is 5.75 Å². The van der Waals surface area contributed by atoms with Gasteiger partial charge in [-0.05, 0) is 55.7 Å². The molecule has 0 bridgehead atoms. The first-order chi connectivity index (χ1) is 15.3. The summed E-state index contributed by atoms with van der Waals surface area (Å²) in [5.74, 6) is 1.74. The van der Waals surface area contributed by atoms with E-state index in [-0.39, 0.29) is 30.0 Å². The van der Waals surface area contributed by atoms with Crippen molar-refractivity contribution >= 4 is 16.1 Å². The number of fused-ring (bicyclic) bond motifs is 1. The van der Waals surface area contributed by atoms with Gasteiger partial charge in [0, 0.05) is 32.8 Å². The van der Waals surface area contributed by atoms with Crippen LogP contribution in [0.3, 0.4) is 0 Å². The Morgan fingerprint density at radius 1 is 1.12 bits per heavy atom. The van der Waals surface area contributed by atoms with E-state index in [0.717, 1.165) is 19.4 Å². The van der Waals surface area contributed by atoms with Crippen molar-refractivity contribution in [3.63, 3.8) is 0 Å². The number of hydrogen-bond donors (Lipinski definition) is 0. The van der Waals surface area contributed by atoms with Gasteiger partial charge in [-0.3, -0.25) is 0 Å². The number of likely N-dealkylation sites (tertiary alicyclic amines) is 2. The van der Waals surface area contributed by atoms with Crippen molar-refractivity contribution in [2.24, 2.45) is 11.8 Å². The molecule has 3 saturated heterocycles. The first kappa shape index (κ1) is 22.0. The summed E-state index contributed by atoms with van der Waals surface area (Å²) in [7, 11) is -1.68. The lowest BCUT2D eigenvalue weighted by Crippen LogP contribution is -2.44. The van der Waals surface area contributed by atoms with E-state index in [2.05, 4.69) is 6.92 Å². The molecule has 1 aromatic carbocycles. The quantitative estimate of drug-likeness (QED) is 0.646. The average molecular weight is 464 g/mol. The Labute approximate surface area is 190 Å². The maximum Gasteiger partial charge on any atom is 0.320 e. The zero-order chi connectivity index (χ0) is 22.5. The van der Waals surface area contributed by atoms with Crippen LogP contribution < -0.4 is 4.74 Å². The van der Waals surface area contributed by atoms with Gasteiger partial charge < -0.3 is 19.3 Å². The number of benzene rings is 1. The van der Waals surface area contributed by atoms with Crippen LogP contribution in [0.15, 0.2) is 24.3 Å². The number of amides is 2. The van der Waals surface area contributed by atoms with Gasteiger partial charge in [0.1, 0.15) is 18.0 Å². The summed E-state index contributed by atoms with van der Waals surface area (Å²) in [6.07, 6.45) is 2.75. The predicted molar refractivity (Wildman–Crippen MR) is 120 cm³/mol. The molecule has 0 radical (unpaired) electrons. The fourth-order valence-corrected chi connectivity index (χ4v) is 7.03. The van der Waals surface area contributed by atoms with Crippen LogP contribution in [0.5, 0.6) is 5.75 Å². The third-order valence-corrected chi connectivity index (χ3v) is 9.24. The molecule has 176 valence electrons. The molecule has 3 heterocycles. The van der Waals surface area contributed by atoms with E-state index in [1.165, 1.54) is 6.42 Å². The highest BCUT2D eigenvalue weighted by molar-refractivity contribution is 7.88. The third-order valence-electron chi connectivity index (χ3n) is 7.46. The highest BCUT2D eigenvalue weighted by Gasteiger charge is 2.48. The van der Waals surface area contributed by atoms with Crippen LogP contribution in [0.1, 0.15) is 31.7 Å². The molecule has 0 spiro atoms. The predicted octanol–water partition coefficient (Wildman–Crippen LogP) is 2.15. The number of urea groups is 1. The Balaban J connectivity index is 1.23. The van der Waals surface area contributed by atoms with Crippen LogP contribution in [-0.2, 0) is 20.5 Å². The molecular formula is C23H33N3O5S. The van der Waals surface area contributed by atoms with Gasteiger partial charge in [-0.1, -0.05) is 12.1 Å². The summed E-state index contributed by atoms with van der Waals surface area (Å²) >= 11 is 0. The number of carbonyl (C=O) groups is 1. The van der Waals surface area contributed by atoms with E-state index in [9.17, 15) is 13.2 Å². The van der Waals surface area contributed by atoms with Crippen LogP contribution in [-0.4, -0.2) is 86.6 Å². The van der Waals surface area contributed by atoms with Gasteiger partial charge in [-0.15, -0.1) is 0 Å². The van der Waals surface area contributed by atoms with Crippen LogP contribution in [0.25, 0.3) is 0 Å². The zero-order valence-corrected chi connectivity index (χ0v) is 19.7. The van der Waals surface area contributed by atoms with Crippen molar-refractivity contribution in [1.29, 1.82) is 0 Å². The minimum atomic E-state index is -3.32. The molecule has 9 heteroatoms. The Bertz CT molecular complexity index is 960. The maximum atomic E-state index is 12.9. The number of sulfonamides is 1. The molecule has 5 rings (SSSR count). The molecule has 4 aliphatic rings. The Hall–Kier alpha value is -1.84. The Kier molecular flexibility index (Phi) is 5.84. The van der Waals surface area contributed by atoms with Gasteiger partial charge in [0.05, 0.1) is 18.8 Å². The highest BCUT2D eigenvalue weighted by atomic mass is 32.2. The van der Waals surface area contributed by atoms with Crippen molar-refractivity contribution in [2.45, 2.75) is 50.2 Å². The lowest BCUT2D eigenvalue weighted by Gasteiger charge is -2.27. The van der Waals surface area contributed by atoms with E-state index < -0.39 is 10.0 Å². The molecule has 1 aromatic rings. The van der Waals surface area contributed by atoms with Crippen LogP contribution in [0.2, 0.25) is 0 Å². The summed E-state index contributed by atoms with van der Waals surface area (Å²) in [5.41, 5.74) is 0.717. The molecule has 3 unspecified atom stereocenters. The normalized spacial score (nSPS) is 32.4. The molecule has 2 amide bonds. The van der Waals surface area contributed by atoms with Gasteiger partial charge in [0.2, 0.25) is 10.0 Å². The number of carbonyl (C=O) groups excluding carboxylic acids is 1. The topological polar surface area (TPSA) is 79.4 Å². The molecule has 0 N–H and O–H groups in total. The van der Waals surface area contributed by atoms with Crippen LogP contribution in [0.4, 0.5) is 4.79 Å². The molecule has 4 fully saturated rings. The lowest BCUT2D eigenvalue weighted by atomic mass is 10.2. The van der Waals surface area contributed by atoms with Gasteiger partial charge in [-0.2, -0.15) is 0 Å². The first-order valence-electron chi connectivity index (χ1n) is 11.7. The lowest BCUT2D eigenvalue weighted by molar-refractivity contribution is 0.0341. The summed E-state index contributed by atoms with van der Waals surface area (Å²) in [4.78, 5) is 16.7. The zero-order valence-electron chi connectivity index (χ0n) is 18.9. The molecule has 5 atom stereocenters. The minimum Gasteiger partial charge on any atom is -0.486 e. The summed E-state index contributed by atoms with van der Waals surface area (Å²) < 4.78 is 39.1. The second-order valence-electron chi connectivity index (χ2n) is 9.78. The smallest absolute Gasteiger partial charge is 0.320 e. The average Bonchev–Trinajstić information content (AvgIpc) is 3.12. The SMILES string of the molecule is CO[C@@H]1CN(C(=O)N2CCCC2C)C[C@H]1Oc1cccc(CS(=O)(=O)N2CC3CC3C2)c1. The monoisotopic (exact) mass is 463 g/mol. The van der Waals surface area contributed by atoms with E-state index in [0.29, 0.717) is 49.3 Å². The largest absolute Gasteiger partial charge is 0.486 e. The Morgan fingerprint density at radius 3 is 2.56 bits per heavy atom. The van der Waals surface area contributed by atoms with Crippen LogP contribution in [0, 0.1) is 11.8 Å². The minimum absolute atomic E-state index is 0.0144. The fraction of sp³-hybridized carbons (Fsp3) is 0.696. The van der Waals surface area contributed by atoms with Gasteiger partial charge in [0.25, 0.3) is 0 Å². The Morgan fingerprint density at radius 2 is 1.88 bits per heavy atom. The van der Waals surface area contributed by atoms with Crippen molar-refractivity contribution in [1.82, 2.24) is 14.1 Å². The molecule has 1 aliphatic carbocycles. The summed E-state index contributed by atoms with van der Waals surface area (Å²) in [5, 5.41) is 0. The standard InChI is InChI=1S/C23H33N3O5S/c1-16-5-4-8-26(16)23(27)24-13-21(30-2)22(14-24)31-20-7-3-6-17(9-20)15-32(28,29)25-11-18-10-19(18)12-25/h3,6-7,9,16,18-19,21-22H,4-5,8,10-15H2,1-2H3/t16?,18?,19?,21-,22-/m1/s1. The van der Waals surface area contributed by atoms with Crippen molar-refractivity contribution in [2.75, 3.05) is 39.8 Å². The molecule has 8 nitrogen and oxygen atoms in total. The highest BCUT2D eigenvalue weighted by Crippen LogP contribution is 2.46. The number of piperidine rings is 1. The van der Waals surface area contributed by atoms with Crippen molar-refractivity contribution in [3.05, 3.63) is 29.8 Å². The molecular weight excluding hydrogens is 430 g/mol. The number of methoxy groups -OCH3 is 1. The van der Waals surface area contributed by atoms with Gasteiger partial charge >= 0.3 is 6.03 Å². The second kappa shape index (κ2) is 8.50. The third kappa shape index (κ3) is 4.34. The summed E-state index contributed by atoms with van der Waals surface area (Å²) in [6, 6.07) is 7.60. The van der Waals surface area contributed by atoms with E-state index in [1.54, 1.807) is 17.5 Å². The van der Waals surface area contributed by atoms with E-state index in [1.807, 2.05) is 28.0 Å². The molecule has 3 aliphatic heterocycles. The molecule has 1 saturated carbocycles. The van der Waals surface area contributed by atoms with E-state index in [4.69, 9.17) is 9.47 Å². The molecule has 0 aromatic heterocycles. The van der Waals surface area contributed by atoms with Crippen LogP contribution >= 0.6 is 0 Å². The van der Waals surface area contributed by atoms with Gasteiger partial charge in [0.15, 0.2) is 0 Å². The fourth-order valence-electron chi connectivity index (χ4n) is 5.41. The summed E-state index contributed by atoms with van der Waals surface area (Å²) in [6.45, 7) is 5.18. The first-order valence-corrected chi connectivity index (χ1v) is 13.3. The number of nitrogens with zero attached hydrogens (tertiary/aromatic N) is 3. The van der Waals surface area contributed by atoms with Crippen molar-refractivity contribution < 1.29 is 22.7 Å². The number of rotatable bonds is 6. The second-order valence-corrected chi connectivity index (χ2v) is 11.7. The maximum absolute atomic E-state index is 12.9. The van der Waals surface area contributed by atoms with E-state index >= 15 is 0 Å². The number of ether oxygens (including phenoxy) is 2. The number of hydrogen-bond acceptors (Lipinski definition) is 5. The van der Waals surface area contributed by atoms with Gasteiger partial charge in [-0.25, -0.2) is 17.5 Å². The molecule has 32 heavy (non-hydrogen) atoms.